The molecule has 9 heteroatoms. The second-order valence-electron chi connectivity index (χ2n) is 7.19. The summed E-state index contributed by atoms with van der Waals surface area (Å²) in [5.74, 6) is 0.603. The van der Waals surface area contributed by atoms with E-state index in [2.05, 4.69) is 10.4 Å². The minimum Gasteiger partial charge on any atom is -0.488 e. The van der Waals surface area contributed by atoms with E-state index in [9.17, 15) is 14.9 Å². The van der Waals surface area contributed by atoms with Gasteiger partial charge in [0.25, 0.3) is 11.6 Å². The Bertz CT molecular complexity index is 1140. The molecule has 1 heterocycles. The zero-order valence-corrected chi connectivity index (χ0v) is 18.0. The van der Waals surface area contributed by atoms with Gasteiger partial charge in [-0.05, 0) is 36.2 Å². The number of nitrogens with one attached hydrogen (secondary N) is 1. The van der Waals surface area contributed by atoms with Crippen molar-refractivity contribution in [3.63, 3.8) is 0 Å². The third-order valence-corrected chi connectivity index (χ3v) is 4.43. The van der Waals surface area contributed by atoms with Crippen molar-refractivity contribution in [2.24, 2.45) is 7.05 Å². The van der Waals surface area contributed by atoms with Gasteiger partial charge in [0.2, 0.25) is 0 Å². The van der Waals surface area contributed by atoms with Crippen LogP contribution in [0.1, 0.15) is 28.4 Å². The Balaban J connectivity index is 1.89. The third kappa shape index (κ3) is 6.26. The van der Waals surface area contributed by atoms with E-state index in [-0.39, 0.29) is 17.7 Å². The normalized spacial score (nSPS) is 12.0. The Kier molecular flexibility index (Phi) is 7.35. The molecule has 2 aromatic carbocycles. The molecule has 0 spiro atoms. The van der Waals surface area contributed by atoms with Crippen LogP contribution in [-0.4, -0.2) is 40.4 Å². The van der Waals surface area contributed by atoms with Gasteiger partial charge in [-0.3, -0.25) is 19.6 Å². The fraction of sp³-hybridized carbons (Fsp3) is 0.217. The molecule has 9 nitrogen and oxygen atoms in total. The molecule has 1 N–H and O–H groups in total. The Hall–Kier alpha value is -3.98. The number of amides is 1. The van der Waals surface area contributed by atoms with E-state index in [4.69, 9.17) is 9.47 Å². The molecular weight excluding hydrogens is 412 g/mol. The molecule has 32 heavy (non-hydrogen) atoms. The number of aromatic nitrogens is 2. The number of hydrogen-bond acceptors (Lipinski definition) is 6. The molecule has 3 rings (SSSR count). The number of ether oxygens (including phenoxy) is 2. The zero-order chi connectivity index (χ0) is 23.1. The standard InChI is InChI=1S/C23H24N4O5/c1-16(15-31-3)32-21-13-18(8-7-17-5-4-6-20(12-17)27(29)30)11-19(14-21)23(28)24-22-9-10-26(2)25-22/h4-14,16H,15H2,1-3H3,(H,24,25,28)/b8-7+/t16-/m0/s1. The van der Waals surface area contributed by atoms with Crippen LogP contribution in [0.2, 0.25) is 0 Å². The minimum atomic E-state index is -0.441. The first kappa shape index (κ1) is 22.7. The molecule has 166 valence electrons. The highest BCUT2D eigenvalue weighted by atomic mass is 16.6. The second-order valence-corrected chi connectivity index (χ2v) is 7.19. The lowest BCUT2D eigenvalue weighted by atomic mass is 10.1. The molecular formula is C23H24N4O5. The number of methoxy groups -OCH3 is 1. The lowest BCUT2D eigenvalue weighted by molar-refractivity contribution is -0.384. The van der Waals surface area contributed by atoms with E-state index in [1.54, 1.807) is 73.6 Å². The number of rotatable bonds is 9. The zero-order valence-electron chi connectivity index (χ0n) is 18.0. The summed E-state index contributed by atoms with van der Waals surface area (Å²) in [5.41, 5.74) is 1.76. The van der Waals surface area contributed by atoms with E-state index in [0.717, 1.165) is 0 Å². The molecule has 1 atom stereocenters. The SMILES string of the molecule is COC[C@H](C)Oc1cc(/C=C/c2cccc([N+](=O)[O-])c2)cc(C(=O)Nc2ccn(C)n2)c1. The molecule has 1 aromatic heterocycles. The van der Waals surface area contributed by atoms with Crippen LogP contribution >= 0.6 is 0 Å². The van der Waals surface area contributed by atoms with Crippen molar-refractivity contribution in [1.82, 2.24) is 9.78 Å². The van der Waals surface area contributed by atoms with Crippen LogP contribution in [0.5, 0.6) is 5.75 Å². The number of benzene rings is 2. The number of carbonyl (C=O) groups is 1. The van der Waals surface area contributed by atoms with Gasteiger partial charge in [0.1, 0.15) is 11.9 Å². The van der Waals surface area contributed by atoms with Gasteiger partial charge in [-0.15, -0.1) is 0 Å². The minimum absolute atomic E-state index is 0.00746. The number of hydrogen-bond donors (Lipinski definition) is 1. The molecule has 0 saturated carbocycles. The molecule has 1 amide bonds. The average molecular weight is 436 g/mol. The lowest BCUT2D eigenvalue weighted by Gasteiger charge is -2.15. The van der Waals surface area contributed by atoms with Crippen LogP contribution < -0.4 is 10.1 Å². The number of nitrogens with zero attached hydrogens (tertiary/aromatic N) is 3. The van der Waals surface area contributed by atoms with E-state index < -0.39 is 4.92 Å². The van der Waals surface area contributed by atoms with Gasteiger partial charge in [-0.1, -0.05) is 24.3 Å². The molecule has 0 saturated heterocycles. The molecule has 0 bridgehead atoms. The summed E-state index contributed by atoms with van der Waals surface area (Å²) < 4.78 is 12.6. The van der Waals surface area contributed by atoms with Crippen LogP contribution in [-0.2, 0) is 11.8 Å². The third-order valence-electron chi connectivity index (χ3n) is 4.43. The molecule has 0 radical (unpaired) electrons. The number of carbonyl (C=O) groups excluding carboxylic acids is 1. The molecule has 0 unspecified atom stereocenters. The summed E-state index contributed by atoms with van der Waals surface area (Å²) in [5, 5.41) is 17.9. The van der Waals surface area contributed by atoms with E-state index in [1.165, 1.54) is 12.1 Å². The van der Waals surface area contributed by atoms with Crippen molar-refractivity contribution < 1.29 is 19.2 Å². The highest BCUT2D eigenvalue weighted by Crippen LogP contribution is 2.22. The van der Waals surface area contributed by atoms with Gasteiger partial charge >= 0.3 is 0 Å². The fourth-order valence-corrected chi connectivity index (χ4v) is 3.02. The Morgan fingerprint density at radius 2 is 2.00 bits per heavy atom. The summed E-state index contributed by atoms with van der Waals surface area (Å²) in [6.45, 7) is 2.26. The van der Waals surface area contributed by atoms with Crippen molar-refractivity contribution >= 4 is 29.6 Å². The lowest BCUT2D eigenvalue weighted by Crippen LogP contribution is -2.19. The van der Waals surface area contributed by atoms with Crippen LogP contribution in [0, 0.1) is 10.1 Å². The van der Waals surface area contributed by atoms with Crippen LogP contribution in [0.15, 0.2) is 54.7 Å². The summed E-state index contributed by atoms with van der Waals surface area (Å²) in [6.07, 6.45) is 5.02. The summed E-state index contributed by atoms with van der Waals surface area (Å²) in [6, 6.07) is 13.1. The van der Waals surface area contributed by atoms with Crippen LogP contribution in [0.25, 0.3) is 12.2 Å². The van der Waals surface area contributed by atoms with Gasteiger partial charge < -0.3 is 14.8 Å². The van der Waals surface area contributed by atoms with Crippen molar-refractivity contribution in [2.45, 2.75) is 13.0 Å². The van der Waals surface area contributed by atoms with Crippen molar-refractivity contribution in [3.05, 3.63) is 81.5 Å². The van der Waals surface area contributed by atoms with E-state index >= 15 is 0 Å². The maximum absolute atomic E-state index is 12.8. The van der Waals surface area contributed by atoms with Crippen LogP contribution in [0.3, 0.4) is 0 Å². The first-order valence-electron chi connectivity index (χ1n) is 9.88. The molecule has 3 aromatic rings. The Morgan fingerprint density at radius 3 is 2.69 bits per heavy atom. The van der Waals surface area contributed by atoms with Gasteiger partial charge in [0.05, 0.1) is 11.5 Å². The predicted molar refractivity (Wildman–Crippen MR) is 122 cm³/mol. The predicted octanol–water partition coefficient (Wildman–Crippen LogP) is 4.16. The van der Waals surface area contributed by atoms with Crippen molar-refractivity contribution in [2.75, 3.05) is 19.0 Å². The number of aryl methyl sites for hydroxylation is 1. The van der Waals surface area contributed by atoms with Crippen molar-refractivity contribution in [1.29, 1.82) is 0 Å². The molecule has 0 aliphatic rings. The number of nitro groups is 1. The quantitative estimate of drug-likeness (QED) is 0.306. The summed E-state index contributed by atoms with van der Waals surface area (Å²) in [4.78, 5) is 23.4. The maximum atomic E-state index is 12.8. The fourth-order valence-electron chi connectivity index (χ4n) is 3.02. The number of nitro benzene ring substituents is 1. The molecule has 0 aliphatic carbocycles. The average Bonchev–Trinajstić information content (AvgIpc) is 3.17. The highest BCUT2D eigenvalue weighted by molar-refractivity contribution is 6.04. The topological polar surface area (TPSA) is 109 Å². The van der Waals surface area contributed by atoms with Gasteiger partial charge in [-0.2, -0.15) is 5.10 Å². The Morgan fingerprint density at radius 1 is 1.22 bits per heavy atom. The summed E-state index contributed by atoms with van der Waals surface area (Å²) in [7, 11) is 3.35. The molecule has 0 aliphatic heterocycles. The number of non-ortho nitro benzene ring substituents is 1. The number of anilines is 1. The first-order chi connectivity index (χ1) is 15.3. The smallest absolute Gasteiger partial charge is 0.270 e. The Labute approximate surface area is 185 Å². The maximum Gasteiger partial charge on any atom is 0.270 e. The monoisotopic (exact) mass is 436 g/mol. The van der Waals surface area contributed by atoms with E-state index in [0.29, 0.717) is 34.9 Å². The summed E-state index contributed by atoms with van der Waals surface area (Å²) >= 11 is 0. The van der Waals surface area contributed by atoms with Gasteiger partial charge in [0, 0.05) is 44.1 Å². The largest absolute Gasteiger partial charge is 0.488 e. The van der Waals surface area contributed by atoms with Gasteiger partial charge in [-0.25, -0.2) is 0 Å². The van der Waals surface area contributed by atoms with E-state index in [1.807, 2.05) is 6.92 Å². The highest BCUT2D eigenvalue weighted by Gasteiger charge is 2.13. The molecule has 0 fully saturated rings. The van der Waals surface area contributed by atoms with Gasteiger partial charge in [0.15, 0.2) is 5.82 Å². The van der Waals surface area contributed by atoms with Crippen LogP contribution in [0.4, 0.5) is 11.5 Å². The van der Waals surface area contributed by atoms with Crippen molar-refractivity contribution in [3.8, 4) is 5.75 Å². The second kappa shape index (κ2) is 10.4. The first-order valence-corrected chi connectivity index (χ1v) is 9.88.